The van der Waals surface area contributed by atoms with Crippen molar-refractivity contribution in [2.24, 2.45) is 5.73 Å². The van der Waals surface area contributed by atoms with Gasteiger partial charge in [0.2, 0.25) is 5.91 Å². The molecule has 0 radical (unpaired) electrons. The first-order valence-corrected chi connectivity index (χ1v) is 5.21. The largest absolute Gasteiger partial charge is 0.370 e. The van der Waals surface area contributed by atoms with Crippen molar-refractivity contribution < 1.29 is 9.53 Å². The van der Waals surface area contributed by atoms with E-state index < -0.39 is 0 Å². The Balaban J connectivity index is 2.56. The molecule has 0 bridgehead atoms. The first-order chi connectivity index (χ1) is 7.65. The van der Waals surface area contributed by atoms with Crippen molar-refractivity contribution in [3.8, 4) is 0 Å². The fraction of sp³-hybridized carbons (Fsp3) is 0.400. The highest BCUT2D eigenvalue weighted by Gasteiger charge is 2.08. The first-order valence-electron chi connectivity index (χ1n) is 4.84. The van der Waals surface area contributed by atoms with E-state index in [1.807, 2.05) is 6.92 Å². The van der Waals surface area contributed by atoms with Gasteiger partial charge in [0.1, 0.15) is 6.61 Å². The molecule has 0 aromatic carbocycles. The Labute approximate surface area is 98.9 Å². The molecule has 0 spiro atoms. The molecule has 0 saturated carbocycles. The number of nitrogens with zero attached hydrogens (tertiary/aromatic N) is 1. The van der Waals surface area contributed by atoms with Crippen molar-refractivity contribution in [3.63, 3.8) is 0 Å². The number of nitrogens with one attached hydrogen (secondary N) is 1. The summed E-state index contributed by atoms with van der Waals surface area (Å²) in [5, 5.41) is 2.91. The summed E-state index contributed by atoms with van der Waals surface area (Å²) in [7, 11) is 0. The van der Waals surface area contributed by atoms with Gasteiger partial charge in [-0.2, -0.15) is 0 Å². The number of nitrogens with two attached hydrogens (primary N) is 1. The zero-order chi connectivity index (χ0) is 12.0. The summed E-state index contributed by atoms with van der Waals surface area (Å²) < 4.78 is 5.00. The van der Waals surface area contributed by atoms with E-state index >= 15 is 0 Å². The molecule has 1 aromatic rings. The number of anilines is 1. The maximum atomic E-state index is 11.4. The molecule has 1 aromatic heterocycles. The highest BCUT2D eigenvalue weighted by Crippen LogP contribution is 2.22. The van der Waals surface area contributed by atoms with Crippen LogP contribution in [-0.2, 0) is 9.53 Å². The third kappa shape index (κ3) is 3.77. The van der Waals surface area contributed by atoms with Crippen LogP contribution >= 0.6 is 11.6 Å². The summed E-state index contributed by atoms with van der Waals surface area (Å²) in [6.45, 7) is 2.54. The van der Waals surface area contributed by atoms with Gasteiger partial charge in [-0.3, -0.25) is 4.79 Å². The van der Waals surface area contributed by atoms with Gasteiger partial charge < -0.3 is 15.8 Å². The summed E-state index contributed by atoms with van der Waals surface area (Å²) in [6, 6.07) is 1.77. The molecule has 16 heavy (non-hydrogen) atoms. The fourth-order valence-corrected chi connectivity index (χ4v) is 1.35. The molecule has 1 amide bonds. The summed E-state index contributed by atoms with van der Waals surface area (Å²) in [4.78, 5) is 15.3. The molecule has 0 fully saturated rings. The summed E-state index contributed by atoms with van der Waals surface area (Å²) in [5.74, 6) is -0.272. The lowest BCUT2D eigenvalue weighted by Crippen LogP contribution is -2.21. The fourth-order valence-electron chi connectivity index (χ4n) is 1.10. The minimum absolute atomic E-state index is 0.0398. The van der Waals surface area contributed by atoms with Crippen molar-refractivity contribution in [2.75, 3.05) is 25.1 Å². The third-order valence-electron chi connectivity index (χ3n) is 1.87. The van der Waals surface area contributed by atoms with Crippen LogP contribution < -0.4 is 11.1 Å². The Morgan fingerprint density at radius 3 is 3.06 bits per heavy atom. The van der Waals surface area contributed by atoms with Gasteiger partial charge in [0.15, 0.2) is 5.15 Å². The van der Waals surface area contributed by atoms with Gasteiger partial charge in [0, 0.05) is 12.7 Å². The summed E-state index contributed by atoms with van der Waals surface area (Å²) in [5.41, 5.74) is 6.60. The molecule has 0 unspecified atom stereocenters. The number of aryl methyl sites for hydroxylation is 1. The standard InChI is InChI=1S/C10H14ClN3O2/c1-7-2-4-13-10(11)9(7)14-8(15)6-16-5-3-12/h2,4H,3,5-6,12H2,1H3,(H,14,15). The first kappa shape index (κ1) is 12.9. The van der Waals surface area contributed by atoms with Gasteiger partial charge in [-0.15, -0.1) is 0 Å². The van der Waals surface area contributed by atoms with Crippen LogP contribution in [0.3, 0.4) is 0 Å². The zero-order valence-corrected chi connectivity index (χ0v) is 9.75. The van der Waals surface area contributed by atoms with E-state index in [2.05, 4.69) is 10.3 Å². The Hall–Kier alpha value is -1.17. The highest BCUT2D eigenvalue weighted by atomic mass is 35.5. The van der Waals surface area contributed by atoms with Crippen molar-refractivity contribution in [2.45, 2.75) is 6.92 Å². The average Bonchev–Trinajstić information content (AvgIpc) is 2.24. The van der Waals surface area contributed by atoms with Crippen molar-refractivity contribution >= 4 is 23.2 Å². The van der Waals surface area contributed by atoms with Crippen molar-refractivity contribution in [1.82, 2.24) is 4.98 Å². The molecule has 0 aliphatic heterocycles. The Morgan fingerprint density at radius 2 is 2.44 bits per heavy atom. The van der Waals surface area contributed by atoms with Crippen LogP contribution in [0.15, 0.2) is 12.3 Å². The number of aromatic nitrogens is 1. The van der Waals surface area contributed by atoms with Gasteiger partial charge >= 0.3 is 0 Å². The van der Waals surface area contributed by atoms with E-state index in [1.165, 1.54) is 0 Å². The lowest BCUT2D eigenvalue weighted by atomic mass is 10.2. The highest BCUT2D eigenvalue weighted by molar-refractivity contribution is 6.32. The number of amides is 1. The number of carbonyl (C=O) groups excluding carboxylic acids is 1. The molecule has 6 heteroatoms. The van der Waals surface area contributed by atoms with E-state index in [0.717, 1.165) is 5.56 Å². The Bertz CT molecular complexity index is 351. The minimum atomic E-state index is -0.272. The second-order valence-electron chi connectivity index (χ2n) is 3.18. The molecule has 1 heterocycles. The molecule has 3 N–H and O–H groups in total. The third-order valence-corrected chi connectivity index (χ3v) is 2.16. The lowest BCUT2D eigenvalue weighted by Gasteiger charge is -2.09. The normalized spacial score (nSPS) is 10.2. The van der Waals surface area contributed by atoms with Crippen LogP contribution in [0.1, 0.15) is 5.56 Å². The van der Waals surface area contributed by atoms with Gasteiger partial charge in [0.25, 0.3) is 0 Å². The zero-order valence-electron chi connectivity index (χ0n) is 9.00. The Morgan fingerprint density at radius 1 is 1.69 bits per heavy atom. The van der Waals surface area contributed by atoms with Crippen LogP contribution in [0.25, 0.3) is 0 Å². The predicted molar refractivity (Wildman–Crippen MR) is 62.5 cm³/mol. The van der Waals surface area contributed by atoms with Gasteiger partial charge in [-0.25, -0.2) is 4.98 Å². The van der Waals surface area contributed by atoms with Crippen LogP contribution in [-0.4, -0.2) is 30.6 Å². The Kier molecular flexibility index (Phi) is 5.18. The second-order valence-corrected chi connectivity index (χ2v) is 3.54. The quantitative estimate of drug-likeness (QED) is 0.597. The van der Waals surface area contributed by atoms with Crippen LogP contribution in [0.5, 0.6) is 0 Å². The molecular formula is C10H14ClN3O2. The topological polar surface area (TPSA) is 77.2 Å². The molecule has 0 aliphatic carbocycles. The smallest absolute Gasteiger partial charge is 0.250 e. The maximum Gasteiger partial charge on any atom is 0.250 e. The molecular weight excluding hydrogens is 230 g/mol. The van der Waals surface area contributed by atoms with Crippen molar-refractivity contribution in [3.05, 3.63) is 23.0 Å². The molecule has 1 rings (SSSR count). The molecule has 88 valence electrons. The van der Waals surface area contributed by atoms with Crippen LogP contribution in [0, 0.1) is 6.92 Å². The van der Waals surface area contributed by atoms with E-state index in [0.29, 0.717) is 18.8 Å². The van der Waals surface area contributed by atoms with E-state index in [1.54, 1.807) is 12.3 Å². The number of ether oxygens (including phenoxy) is 1. The minimum Gasteiger partial charge on any atom is -0.370 e. The number of hydrogen-bond acceptors (Lipinski definition) is 4. The monoisotopic (exact) mass is 243 g/mol. The van der Waals surface area contributed by atoms with Gasteiger partial charge in [0.05, 0.1) is 12.3 Å². The summed E-state index contributed by atoms with van der Waals surface area (Å²) >= 11 is 5.85. The number of rotatable bonds is 5. The second kappa shape index (κ2) is 6.42. The molecule has 0 saturated heterocycles. The van der Waals surface area contributed by atoms with E-state index in [4.69, 9.17) is 22.1 Å². The number of pyridine rings is 1. The lowest BCUT2D eigenvalue weighted by molar-refractivity contribution is -0.120. The number of halogens is 1. The predicted octanol–water partition coefficient (Wildman–Crippen LogP) is 0.957. The average molecular weight is 244 g/mol. The van der Waals surface area contributed by atoms with Gasteiger partial charge in [-0.05, 0) is 18.6 Å². The molecule has 0 aliphatic rings. The van der Waals surface area contributed by atoms with E-state index in [9.17, 15) is 4.79 Å². The van der Waals surface area contributed by atoms with Crippen LogP contribution in [0.4, 0.5) is 5.69 Å². The maximum absolute atomic E-state index is 11.4. The van der Waals surface area contributed by atoms with E-state index in [-0.39, 0.29) is 17.7 Å². The van der Waals surface area contributed by atoms with Crippen molar-refractivity contribution in [1.29, 1.82) is 0 Å². The summed E-state index contributed by atoms with van der Waals surface area (Å²) in [6.07, 6.45) is 1.58. The van der Waals surface area contributed by atoms with Crippen LogP contribution in [0.2, 0.25) is 5.15 Å². The molecule has 0 atom stereocenters. The SMILES string of the molecule is Cc1ccnc(Cl)c1NC(=O)COCCN. The van der Waals surface area contributed by atoms with Gasteiger partial charge in [-0.1, -0.05) is 11.6 Å². The molecule has 5 nitrogen and oxygen atoms in total. The number of hydrogen-bond donors (Lipinski definition) is 2. The number of carbonyl (C=O) groups is 1.